The second-order valence-corrected chi connectivity index (χ2v) is 7.08. The lowest BCUT2D eigenvalue weighted by atomic mass is 9.86. The summed E-state index contributed by atoms with van der Waals surface area (Å²) in [5.74, 6) is 0.408. The van der Waals surface area contributed by atoms with Crippen LogP contribution in [0.15, 0.2) is 24.3 Å². The molecule has 1 fully saturated rings. The van der Waals surface area contributed by atoms with Crippen LogP contribution >= 0.6 is 0 Å². The number of aryl methyl sites for hydroxylation is 1. The van der Waals surface area contributed by atoms with Gasteiger partial charge in [-0.25, -0.2) is 4.79 Å². The Morgan fingerprint density at radius 1 is 1.19 bits per heavy atom. The van der Waals surface area contributed by atoms with Gasteiger partial charge >= 0.3 is 6.03 Å². The van der Waals surface area contributed by atoms with Gasteiger partial charge in [0.25, 0.3) is 5.91 Å². The molecule has 0 spiro atoms. The van der Waals surface area contributed by atoms with Gasteiger partial charge in [0.15, 0.2) is 0 Å². The summed E-state index contributed by atoms with van der Waals surface area (Å²) >= 11 is 0. The van der Waals surface area contributed by atoms with Gasteiger partial charge in [-0.2, -0.15) is 4.80 Å². The van der Waals surface area contributed by atoms with Crippen LogP contribution in [0.5, 0.6) is 0 Å². The fourth-order valence-electron chi connectivity index (χ4n) is 3.35. The topological polar surface area (TPSA) is 102 Å². The van der Waals surface area contributed by atoms with Crippen molar-refractivity contribution in [1.82, 2.24) is 30.8 Å². The van der Waals surface area contributed by atoms with Crippen LogP contribution in [-0.4, -0.2) is 38.2 Å². The summed E-state index contributed by atoms with van der Waals surface area (Å²) in [5.41, 5.74) is 2.06. The van der Waals surface area contributed by atoms with Crippen molar-refractivity contribution in [2.75, 3.05) is 0 Å². The van der Waals surface area contributed by atoms with E-state index >= 15 is 0 Å². The average Bonchev–Trinajstić information content (AvgIpc) is 3.12. The summed E-state index contributed by atoms with van der Waals surface area (Å²) < 4.78 is 0. The van der Waals surface area contributed by atoms with Crippen LogP contribution in [0.4, 0.5) is 4.79 Å². The Balaban J connectivity index is 1.52. The van der Waals surface area contributed by atoms with E-state index in [-0.39, 0.29) is 12.6 Å². The minimum atomic E-state index is -0.471. The first-order valence-corrected chi connectivity index (χ1v) is 9.52. The minimum absolute atomic E-state index is 0.119. The molecular formula is C19H26N6O2. The molecule has 0 aliphatic heterocycles. The second kappa shape index (κ2) is 8.75. The summed E-state index contributed by atoms with van der Waals surface area (Å²) in [6.07, 6.45) is 5.31. The number of tetrazole rings is 1. The van der Waals surface area contributed by atoms with E-state index in [0.717, 1.165) is 31.2 Å². The largest absolute Gasteiger partial charge is 0.335 e. The molecular weight excluding hydrogens is 344 g/mol. The summed E-state index contributed by atoms with van der Waals surface area (Å²) in [6.45, 7) is 4.06. The molecule has 1 aliphatic rings. The summed E-state index contributed by atoms with van der Waals surface area (Å²) in [5, 5.41) is 17.3. The maximum Gasteiger partial charge on any atom is 0.321 e. The Kier molecular flexibility index (Phi) is 6.16. The molecule has 0 bridgehead atoms. The van der Waals surface area contributed by atoms with Crippen molar-refractivity contribution in [3.63, 3.8) is 0 Å². The van der Waals surface area contributed by atoms with Crippen molar-refractivity contribution < 1.29 is 9.59 Å². The molecule has 1 saturated carbocycles. The molecule has 0 saturated heterocycles. The van der Waals surface area contributed by atoms with Crippen LogP contribution in [0, 0.1) is 5.92 Å². The highest BCUT2D eigenvalue weighted by Crippen LogP contribution is 2.23. The number of aromatic nitrogens is 4. The Morgan fingerprint density at radius 2 is 1.93 bits per heavy atom. The van der Waals surface area contributed by atoms with Gasteiger partial charge in [0.05, 0.1) is 0 Å². The Hall–Kier alpha value is -2.77. The van der Waals surface area contributed by atoms with E-state index in [2.05, 4.69) is 39.9 Å². The zero-order valence-corrected chi connectivity index (χ0v) is 15.8. The lowest BCUT2D eigenvalue weighted by Gasteiger charge is -2.29. The van der Waals surface area contributed by atoms with Crippen LogP contribution in [-0.2, 0) is 17.8 Å². The molecule has 2 aromatic rings. The number of hydrogen-bond donors (Lipinski definition) is 2. The second-order valence-electron chi connectivity index (χ2n) is 7.08. The molecule has 1 aromatic carbocycles. The molecule has 8 heteroatoms. The third-order valence-corrected chi connectivity index (χ3v) is 5.04. The van der Waals surface area contributed by atoms with E-state index in [1.807, 2.05) is 24.3 Å². The van der Waals surface area contributed by atoms with E-state index in [0.29, 0.717) is 11.7 Å². The number of imide groups is 1. The van der Waals surface area contributed by atoms with Gasteiger partial charge < -0.3 is 5.32 Å². The first-order chi connectivity index (χ1) is 13.0. The molecule has 2 N–H and O–H groups in total. The van der Waals surface area contributed by atoms with Crippen LogP contribution in [0.25, 0.3) is 11.4 Å². The molecule has 1 aliphatic carbocycles. The number of carbonyl (C=O) groups excluding carboxylic acids is 2. The first kappa shape index (κ1) is 19.0. The number of rotatable bonds is 5. The quantitative estimate of drug-likeness (QED) is 0.841. The normalized spacial score (nSPS) is 19.5. The van der Waals surface area contributed by atoms with Gasteiger partial charge in [-0.1, -0.05) is 51.0 Å². The molecule has 8 nitrogen and oxygen atoms in total. The van der Waals surface area contributed by atoms with Crippen LogP contribution < -0.4 is 10.6 Å². The molecule has 0 radical (unpaired) electrons. The third-order valence-electron chi connectivity index (χ3n) is 5.04. The molecule has 0 unspecified atom stereocenters. The maximum atomic E-state index is 12.1. The van der Waals surface area contributed by atoms with E-state index < -0.39 is 11.9 Å². The minimum Gasteiger partial charge on any atom is -0.335 e. The predicted molar refractivity (Wildman–Crippen MR) is 101 cm³/mol. The van der Waals surface area contributed by atoms with Gasteiger partial charge in [-0.3, -0.25) is 10.1 Å². The molecule has 1 aromatic heterocycles. The smallest absolute Gasteiger partial charge is 0.321 e. The lowest BCUT2D eigenvalue weighted by Crippen LogP contribution is -2.48. The Bertz CT molecular complexity index is 786. The lowest BCUT2D eigenvalue weighted by molar-refractivity contribution is -0.121. The molecule has 3 rings (SSSR count). The standard InChI is InChI=1S/C19H26N6O2/c1-3-14-8-10-15(11-9-14)18-22-24-25(23-18)12-17(26)21-19(27)20-16-7-5-4-6-13(16)2/h8-11,13,16H,3-7,12H2,1-2H3,(H2,20,21,26,27)/t13-,16-/m1/s1. The number of carbonyl (C=O) groups is 2. The molecule has 27 heavy (non-hydrogen) atoms. The zero-order chi connectivity index (χ0) is 19.2. The molecule has 144 valence electrons. The van der Waals surface area contributed by atoms with E-state index in [1.54, 1.807) is 0 Å². The summed E-state index contributed by atoms with van der Waals surface area (Å²) in [6, 6.07) is 7.54. The maximum absolute atomic E-state index is 12.1. The highest BCUT2D eigenvalue weighted by atomic mass is 16.2. The zero-order valence-electron chi connectivity index (χ0n) is 15.8. The van der Waals surface area contributed by atoms with Gasteiger partial charge in [-0.15, -0.1) is 10.2 Å². The number of hydrogen-bond acceptors (Lipinski definition) is 5. The predicted octanol–water partition coefficient (Wildman–Crippen LogP) is 2.31. The van der Waals surface area contributed by atoms with Gasteiger partial charge in [0, 0.05) is 11.6 Å². The van der Waals surface area contributed by atoms with E-state index in [9.17, 15) is 9.59 Å². The summed E-state index contributed by atoms with van der Waals surface area (Å²) in [7, 11) is 0. The van der Waals surface area contributed by atoms with Crippen LogP contribution in [0.1, 0.15) is 45.1 Å². The number of benzene rings is 1. The van der Waals surface area contributed by atoms with Crippen molar-refractivity contribution in [2.24, 2.45) is 5.92 Å². The Labute approximate surface area is 158 Å². The van der Waals surface area contributed by atoms with Crippen molar-refractivity contribution in [1.29, 1.82) is 0 Å². The monoisotopic (exact) mass is 370 g/mol. The highest BCUT2D eigenvalue weighted by Gasteiger charge is 2.23. The number of nitrogens with zero attached hydrogens (tertiary/aromatic N) is 4. The molecule has 1 heterocycles. The van der Waals surface area contributed by atoms with E-state index in [1.165, 1.54) is 16.8 Å². The van der Waals surface area contributed by atoms with Crippen molar-refractivity contribution in [2.45, 2.75) is 58.5 Å². The van der Waals surface area contributed by atoms with Gasteiger partial charge in [0.1, 0.15) is 6.54 Å². The van der Waals surface area contributed by atoms with Crippen molar-refractivity contribution in [3.05, 3.63) is 29.8 Å². The molecule has 3 amide bonds. The number of amides is 3. The fraction of sp³-hybridized carbons (Fsp3) is 0.526. The number of urea groups is 1. The molecule has 2 atom stereocenters. The van der Waals surface area contributed by atoms with E-state index in [4.69, 9.17) is 0 Å². The fourth-order valence-corrected chi connectivity index (χ4v) is 3.35. The van der Waals surface area contributed by atoms with Crippen molar-refractivity contribution in [3.8, 4) is 11.4 Å². The highest BCUT2D eigenvalue weighted by molar-refractivity contribution is 5.94. The average molecular weight is 370 g/mol. The SMILES string of the molecule is CCc1ccc(-c2nnn(CC(=O)NC(=O)N[C@@H]3CCCC[C@H]3C)n2)cc1. The van der Waals surface area contributed by atoms with Gasteiger partial charge in [-0.05, 0) is 36.0 Å². The van der Waals surface area contributed by atoms with Gasteiger partial charge in [0.2, 0.25) is 5.82 Å². The van der Waals surface area contributed by atoms with Crippen LogP contribution in [0.3, 0.4) is 0 Å². The third kappa shape index (κ3) is 5.12. The summed E-state index contributed by atoms with van der Waals surface area (Å²) in [4.78, 5) is 25.3. The van der Waals surface area contributed by atoms with Crippen LogP contribution in [0.2, 0.25) is 0 Å². The Morgan fingerprint density at radius 3 is 2.63 bits per heavy atom. The first-order valence-electron chi connectivity index (χ1n) is 9.52. The number of nitrogens with one attached hydrogen (secondary N) is 2. The van der Waals surface area contributed by atoms with Crippen molar-refractivity contribution >= 4 is 11.9 Å².